The largest absolute Gasteiger partial charge is 1.00 e. The molecule has 1 atom stereocenters. The predicted octanol–water partition coefficient (Wildman–Crippen LogP) is -1.72. The van der Waals surface area contributed by atoms with Gasteiger partial charge in [-0.3, -0.25) is 4.57 Å². The summed E-state index contributed by atoms with van der Waals surface area (Å²) in [6, 6.07) is 0. The monoisotopic (exact) mass is 178 g/mol. The molecule has 56 valence electrons. The van der Waals surface area contributed by atoms with Crippen molar-refractivity contribution in [3.63, 3.8) is 0 Å². The SMILES string of the molecule is C[Si](C)(C)OP(=O)([O-])F.[Li+]. The normalized spacial score (nSPS) is 17.3. The Morgan fingerprint density at radius 3 is 1.80 bits per heavy atom. The molecule has 1 unspecified atom stereocenters. The Morgan fingerprint density at radius 2 is 1.80 bits per heavy atom. The van der Waals surface area contributed by atoms with E-state index in [1.165, 1.54) is 0 Å². The number of halogens is 1. The van der Waals surface area contributed by atoms with Gasteiger partial charge >= 0.3 is 18.9 Å². The topological polar surface area (TPSA) is 49.4 Å². The second-order valence-corrected chi connectivity index (χ2v) is 8.45. The van der Waals surface area contributed by atoms with E-state index in [9.17, 15) is 13.7 Å². The maximum absolute atomic E-state index is 11.7. The van der Waals surface area contributed by atoms with E-state index in [-0.39, 0.29) is 18.9 Å². The van der Waals surface area contributed by atoms with Crippen molar-refractivity contribution in [2.45, 2.75) is 19.6 Å². The summed E-state index contributed by atoms with van der Waals surface area (Å²) in [4.78, 5) is 9.82. The summed E-state index contributed by atoms with van der Waals surface area (Å²) in [7, 11) is -7.22. The molecule has 0 aromatic rings. The molecule has 3 nitrogen and oxygen atoms in total. The van der Waals surface area contributed by atoms with Crippen LogP contribution in [0, 0.1) is 0 Å². The van der Waals surface area contributed by atoms with Crippen LogP contribution in [-0.4, -0.2) is 8.32 Å². The van der Waals surface area contributed by atoms with Gasteiger partial charge in [-0.25, -0.2) is 0 Å². The van der Waals surface area contributed by atoms with Crippen molar-refractivity contribution < 1.29 is 36.7 Å². The van der Waals surface area contributed by atoms with E-state index in [4.69, 9.17) is 0 Å². The van der Waals surface area contributed by atoms with Gasteiger partial charge < -0.3 is 9.11 Å². The van der Waals surface area contributed by atoms with Crippen LogP contribution in [0.15, 0.2) is 0 Å². The van der Waals surface area contributed by atoms with Crippen molar-refractivity contribution in [1.29, 1.82) is 0 Å². The van der Waals surface area contributed by atoms with Crippen LogP contribution in [0.5, 0.6) is 0 Å². The van der Waals surface area contributed by atoms with Crippen LogP contribution in [-0.2, 0) is 8.78 Å². The van der Waals surface area contributed by atoms with E-state index in [0.717, 1.165) is 0 Å². The minimum absolute atomic E-state index is 0. The maximum atomic E-state index is 11.7. The van der Waals surface area contributed by atoms with Crippen molar-refractivity contribution >= 4 is 16.2 Å². The van der Waals surface area contributed by atoms with Crippen LogP contribution in [0.3, 0.4) is 0 Å². The quantitative estimate of drug-likeness (QED) is 0.373. The molecule has 0 rings (SSSR count). The summed E-state index contributed by atoms with van der Waals surface area (Å²) in [5, 5.41) is 0. The Bertz CT molecular complexity index is 141. The zero-order chi connectivity index (χ0) is 7.71. The number of hydrogen-bond donors (Lipinski definition) is 0. The van der Waals surface area contributed by atoms with Gasteiger partial charge in [-0.1, -0.05) is 0 Å². The average molecular weight is 178 g/mol. The molecule has 0 aromatic heterocycles. The van der Waals surface area contributed by atoms with E-state index in [2.05, 4.69) is 4.21 Å². The molecule has 0 saturated carbocycles. The molecule has 0 bridgehead atoms. The van der Waals surface area contributed by atoms with Crippen molar-refractivity contribution in [2.75, 3.05) is 0 Å². The molecule has 0 radical (unpaired) electrons. The minimum atomic E-state index is -4.98. The van der Waals surface area contributed by atoms with Gasteiger partial charge in [0.05, 0.1) is 0 Å². The summed E-state index contributed by atoms with van der Waals surface area (Å²) in [5.41, 5.74) is 0. The van der Waals surface area contributed by atoms with Gasteiger partial charge in [0.25, 0.3) is 7.91 Å². The smallest absolute Gasteiger partial charge is 0.753 e. The van der Waals surface area contributed by atoms with Crippen molar-refractivity contribution in [2.24, 2.45) is 0 Å². The predicted molar refractivity (Wildman–Crippen MR) is 33.1 cm³/mol. The fourth-order valence-electron chi connectivity index (χ4n) is 0.327. The second-order valence-electron chi connectivity index (χ2n) is 2.63. The van der Waals surface area contributed by atoms with E-state index in [0.29, 0.717) is 0 Å². The summed E-state index contributed by atoms with van der Waals surface area (Å²) in [5.74, 6) is 0. The first kappa shape index (κ1) is 13.5. The van der Waals surface area contributed by atoms with Crippen LogP contribution in [0.25, 0.3) is 0 Å². The molecule has 0 aromatic carbocycles. The Kier molecular flexibility index (Phi) is 5.47. The fraction of sp³-hybridized carbons (Fsp3) is 1.00. The van der Waals surface area contributed by atoms with E-state index >= 15 is 0 Å². The Balaban J connectivity index is 0. The molecule has 0 amide bonds. The number of hydrogen-bond acceptors (Lipinski definition) is 3. The van der Waals surface area contributed by atoms with Gasteiger partial charge in [-0.15, -0.1) is 0 Å². The molecule has 0 N–H and O–H groups in total. The van der Waals surface area contributed by atoms with Crippen LogP contribution >= 0.6 is 7.91 Å². The second kappa shape index (κ2) is 4.05. The van der Waals surface area contributed by atoms with Crippen LogP contribution in [0.1, 0.15) is 0 Å². The van der Waals surface area contributed by atoms with E-state index in [1.807, 2.05) is 0 Å². The Labute approximate surface area is 72.9 Å². The molecule has 0 fully saturated rings. The van der Waals surface area contributed by atoms with Gasteiger partial charge in [-0.2, -0.15) is 4.20 Å². The van der Waals surface area contributed by atoms with E-state index < -0.39 is 16.2 Å². The van der Waals surface area contributed by atoms with Gasteiger partial charge in [0.15, 0.2) is 8.32 Å². The Hall–Kier alpha value is 0.894. The molecule has 0 saturated heterocycles. The van der Waals surface area contributed by atoms with E-state index in [1.54, 1.807) is 19.6 Å². The summed E-state index contributed by atoms with van der Waals surface area (Å²) in [6.07, 6.45) is 0. The van der Waals surface area contributed by atoms with Crippen molar-refractivity contribution in [1.82, 2.24) is 0 Å². The third-order valence-corrected chi connectivity index (χ3v) is 3.45. The molecule has 7 heteroatoms. The summed E-state index contributed by atoms with van der Waals surface area (Å²) in [6.45, 7) is 4.78. The molecule has 0 aliphatic heterocycles. The third kappa shape index (κ3) is 11.7. The van der Waals surface area contributed by atoms with Gasteiger partial charge in [0, 0.05) is 0 Å². The zero-order valence-electron chi connectivity index (χ0n) is 6.55. The van der Waals surface area contributed by atoms with Crippen molar-refractivity contribution in [3.05, 3.63) is 0 Å². The Morgan fingerprint density at radius 1 is 1.50 bits per heavy atom. The van der Waals surface area contributed by atoms with Crippen LogP contribution in [0.2, 0.25) is 19.6 Å². The van der Waals surface area contributed by atoms with Crippen LogP contribution < -0.4 is 23.8 Å². The first-order valence-electron chi connectivity index (χ1n) is 2.42. The third-order valence-electron chi connectivity index (χ3n) is 0.383. The standard InChI is InChI=1S/C3H10FO3PSi.Li/c1-9(2,3)7-8(4,5)6;/h1-3H3,(H,5,6);/q;+1/p-1. The summed E-state index contributed by atoms with van der Waals surface area (Å²) >= 11 is 0. The fourth-order valence-corrected chi connectivity index (χ4v) is 2.94. The molecule has 0 spiro atoms. The van der Waals surface area contributed by atoms with Crippen molar-refractivity contribution in [3.8, 4) is 0 Å². The minimum Gasteiger partial charge on any atom is -0.753 e. The summed E-state index contributed by atoms with van der Waals surface area (Å²) < 4.78 is 25.6. The maximum Gasteiger partial charge on any atom is 1.00 e. The van der Waals surface area contributed by atoms with Gasteiger partial charge in [0.2, 0.25) is 0 Å². The molecule has 0 aliphatic carbocycles. The molecular formula is C3H9FLiO3PSi. The molecule has 10 heavy (non-hydrogen) atoms. The van der Waals surface area contributed by atoms with Gasteiger partial charge in [0.1, 0.15) is 0 Å². The average Bonchev–Trinajstić information content (AvgIpc) is 1.14. The first-order chi connectivity index (χ1) is 3.71. The molecular weight excluding hydrogens is 169 g/mol. The number of rotatable bonds is 2. The first-order valence-corrected chi connectivity index (χ1v) is 7.26. The van der Waals surface area contributed by atoms with Crippen LogP contribution in [0.4, 0.5) is 4.20 Å². The van der Waals surface area contributed by atoms with Gasteiger partial charge in [-0.05, 0) is 19.6 Å². The molecule has 0 heterocycles. The zero-order valence-corrected chi connectivity index (χ0v) is 8.44. The molecule has 0 aliphatic rings.